The summed E-state index contributed by atoms with van der Waals surface area (Å²) < 4.78 is 5.25. The largest absolute Gasteiger partial charge is 0.481 e. The molecule has 1 atom stereocenters. The molecule has 2 aromatic rings. The molecule has 2 aromatic carbocycles. The smallest absolute Gasteiger partial charge is 0.343 e. The fraction of sp³-hybridized carbons (Fsp3) is 0.136. The molecule has 0 unspecified atom stereocenters. The van der Waals surface area contributed by atoms with Crippen molar-refractivity contribution in [2.75, 3.05) is 0 Å². The molecule has 166 valence electrons. The number of carbonyl (C=O) groups excluding carboxylic acids is 2. The highest BCUT2D eigenvalue weighted by molar-refractivity contribution is 5.96. The number of nitrogens with one attached hydrogen (secondary N) is 2. The summed E-state index contributed by atoms with van der Waals surface area (Å²) in [5.74, 6) is -3.59. The third kappa shape index (κ3) is 7.41. The number of esters is 1. The van der Waals surface area contributed by atoms with E-state index in [1.807, 2.05) is 0 Å². The first-order chi connectivity index (χ1) is 15.2. The number of carbonyl (C=O) groups is 4. The zero-order valence-electron chi connectivity index (χ0n) is 16.8. The van der Waals surface area contributed by atoms with Gasteiger partial charge in [0.05, 0.1) is 5.56 Å². The van der Waals surface area contributed by atoms with Crippen LogP contribution < -0.4 is 15.8 Å². The summed E-state index contributed by atoms with van der Waals surface area (Å²) >= 11 is 0. The summed E-state index contributed by atoms with van der Waals surface area (Å²) in [6, 6.07) is 11.0. The Kier molecular flexibility index (Phi) is 8.23. The van der Waals surface area contributed by atoms with Crippen molar-refractivity contribution in [3.8, 4) is 5.75 Å². The maximum atomic E-state index is 12.2. The van der Waals surface area contributed by atoms with Gasteiger partial charge < -0.3 is 26.0 Å². The van der Waals surface area contributed by atoms with E-state index < -0.39 is 29.9 Å². The average molecular weight is 439 g/mol. The summed E-state index contributed by atoms with van der Waals surface area (Å²) in [5.41, 5.74) is 6.71. The zero-order valence-corrected chi connectivity index (χ0v) is 16.8. The van der Waals surface area contributed by atoms with E-state index in [0.29, 0.717) is 11.1 Å². The lowest BCUT2D eigenvalue weighted by molar-refractivity contribution is -0.142. The molecular weight excluding hydrogens is 418 g/mol. The standard InChI is InChI=1S/C22H21N3O7/c23-20(24)14-6-8-16(9-7-14)32-22(31)15-4-1-13(2-5-15)3-11-18(26)25-17(21(29)30)10-12-19(27)28/h1-9,11,17H,10,12H2,(H3,23,24)(H,25,26)(H,27,28)(H,29,30)/t17-/m0/s1. The van der Waals surface area contributed by atoms with Gasteiger partial charge in [-0.25, -0.2) is 9.59 Å². The van der Waals surface area contributed by atoms with E-state index in [-0.39, 0.29) is 30.0 Å². The van der Waals surface area contributed by atoms with Gasteiger partial charge in [0, 0.05) is 18.1 Å². The summed E-state index contributed by atoms with van der Waals surface area (Å²) in [6.45, 7) is 0. The molecule has 0 saturated carbocycles. The van der Waals surface area contributed by atoms with E-state index in [9.17, 15) is 19.2 Å². The Morgan fingerprint density at radius 3 is 2.12 bits per heavy atom. The summed E-state index contributed by atoms with van der Waals surface area (Å²) in [6.07, 6.45) is 1.90. The van der Waals surface area contributed by atoms with Gasteiger partial charge in [-0.05, 0) is 54.5 Å². The number of hydrogen-bond acceptors (Lipinski definition) is 6. The second-order valence-electron chi connectivity index (χ2n) is 6.61. The van der Waals surface area contributed by atoms with E-state index in [4.69, 9.17) is 26.1 Å². The number of ether oxygens (including phenoxy) is 1. The number of hydrogen-bond donors (Lipinski definition) is 5. The second-order valence-corrected chi connectivity index (χ2v) is 6.61. The van der Waals surface area contributed by atoms with Crippen molar-refractivity contribution in [1.82, 2.24) is 5.32 Å². The van der Waals surface area contributed by atoms with Gasteiger partial charge in [0.25, 0.3) is 0 Å². The van der Waals surface area contributed by atoms with Crippen molar-refractivity contribution < 1.29 is 34.1 Å². The molecule has 0 aliphatic rings. The third-order valence-electron chi connectivity index (χ3n) is 4.21. The predicted molar refractivity (Wildman–Crippen MR) is 114 cm³/mol. The fourth-order valence-corrected chi connectivity index (χ4v) is 2.52. The van der Waals surface area contributed by atoms with Crippen LogP contribution in [-0.2, 0) is 14.4 Å². The van der Waals surface area contributed by atoms with Gasteiger partial charge in [0.15, 0.2) is 0 Å². The SMILES string of the molecule is N=C(N)c1ccc(OC(=O)c2ccc(C=CC(=O)N[C@@H](CCC(=O)O)C(=O)O)cc2)cc1. The number of nitrogens with two attached hydrogens (primary N) is 1. The summed E-state index contributed by atoms with van der Waals surface area (Å²) in [4.78, 5) is 45.8. The molecule has 10 heteroatoms. The van der Waals surface area contributed by atoms with Crippen molar-refractivity contribution in [1.29, 1.82) is 5.41 Å². The van der Waals surface area contributed by atoms with Crippen LogP contribution in [0, 0.1) is 5.41 Å². The zero-order chi connectivity index (χ0) is 23.7. The maximum absolute atomic E-state index is 12.2. The Labute approximate surface area is 182 Å². The molecule has 10 nitrogen and oxygen atoms in total. The molecule has 32 heavy (non-hydrogen) atoms. The molecule has 0 saturated heterocycles. The minimum Gasteiger partial charge on any atom is -0.481 e. The van der Waals surface area contributed by atoms with Gasteiger partial charge in [-0.15, -0.1) is 0 Å². The molecular formula is C22H21N3O7. The van der Waals surface area contributed by atoms with Crippen molar-refractivity contribution in [2.45, 2.75) is 18.9 Å². The van der Waals surface area contributed by atoms with E-state index in [0.717, 1.165) is 6.08 Å². The molecule has 0 aromatic heterocycles. The highest BCUT2D eigenvalue weighted by Crippen LogP contribution is 2.15. The summed E-state index contributed by atoms with van der Waals surface area (Å²) in [7, 11) is 0. The lowest BCUT2D eigenvalue weighted by Gasteiger charge is -2.11. The van der Waals surface area contributed by atoms with Crippen LogP contribution in [0.2, 0.25) is 0 Å². The Bertz CT molecular complexity index is 1040. The maximum Gasteiger partial charge on any atom is 0.343 e. The number of amidine groups is 1. The highest BCUT2D eigenvalue weighted by atomic mass is 16.5. The molecule has 0 aliphatic carbocycles. The summed E-state index contributed by atoms with van der Waals surface area (Å²) in [5, 5.41) is 27.3. The number of benzene rings is 2. The van der Waals surface area contributed by atoms with Gasteiger partial charge in [0.2, 0.25) is 5.91 Å². The van der Waals surface area contributed by atoms with Gasteiger partial charge >= 0.3 is 17.9 Å². The lowest BCUT2D eigenvalue weighted by Crippen LogP contribution is -2.40. The first-order valence-electron chi connectivity index (χ1n) is 9.35. The number of carboxylic acid groups (broad SMARTS) is 2. The minimum atomic E-state index is -1.33. The number of nitrogen functional groups attached to an aromatic ring is 1. The van der Waals surface area contributed by atoms with E-state index >= 15 is 0 Å². The topological polar surface area (TPSA) is 180 Å². The van der Waals surface area contributed by atoms with Gasteiger partial charge in [-0.3, -0.25) is 15.0 Å². The van der Waals surface area contributed by atoms with Crippen molar-refractivity contribution >= 4 is 35.7 Å². The van der Waals surface area contributed by atoms with Crippen LogP contribution >= 0.6 is 0 Å². The van der Waals surface area contributed by atoms with Gasteiger partial charge in [0.1, 0.15) is 17.6 Å². The van der Waals surface area contributed by atoms with E-state index in [1.165, 1.54) is 30.3 Å². The quantitative estimate of drug-likeness (QED) is 0.122. The third-order valence-corrected chi connectivity index (χ3v) is 4.21. The van der Waals surface area contributed by atoms with Crippen molar-refractivity contribution in [2.24, 2.45) is 5.73 Å². The average Bonchev–Trinajstić information content (AvgIpc) is 2.75. The molecule has 0 fully saturated rings. The molecule has 0 spiro atoms. The lowest BCUT2D eigenvalue weighted by atomic mass is 10.1. The second kappa shape index (κ2) is 11.1. The Morgan fingerprint density at radius 2 is 1.59 bits per heavy atom. The molecule has 6 N–H and O–H groups in total. The highest BCUT2D eigenvalue weighted by Gasteiger charge is 2.19. The van der Waals surface area contributed by atoms with Crippen LogP contribution in [0.3, 0.4) is 0 Å². The molecule has 2 rings (SSSR count). The fourth-order valence-electron chi connectivity index (χ4n) is 2.52. The van der Waals surface area contributed by atoms with E-state index in [2.05, 4.69) is 5.32 Å². The minimum absolute atomic E-state index is 0.0982. The molecule has 0 bridgehead atoms. The first kappa shape index (κ1) is 23.8. The Morgan fingerprint density at radius 1 is 1.00 bits per heavy atom. The van der Waals surface area contributed by atoms with Crippen LogP contribution in [0.15, 0.2) is 54.6 Å². The molecule has 1 amide bonds. The monoisotopic (exact) mass is 439 g/mol. The van der Waals surface area contributed by atoms with Crippen LogP contribution in [0.4, 0.5) is 0 Å². The number of rotatable bonds is 10. The van der Waals surface area contributed by atoms with Gasteiger partial charge in [-0.2, -0.15) is 0 Å². The Balaban J connectivity index is 1.94. The predicted octanol–water partition coefficient (Wildman–Crippen LogP) is 1.64. The molecule has 0 heterocycles. The number of carboxylic acids is 2. The van der Waals surface area contributed by atoms with E-state index in [1.54, 1.807) is 24.3 Å². The normalized spacial score (nSPS) is 11.5. The van der Waals surface area contributed by atoms with Crippen LogP contribution in [0.5, 0.6) is 5.75 Å². The Hall–Kier alpha value is -4.47. The van der Waals surface area contributed by atoms with Gasteiger partial charge in [-0.1, -0.05) is 12.1 Å². The first-order valence-corrected chi connectivity index (χ1v) is 9.35. The molecule has 0 radical (unpaired) electrons. The number of aliphatic carboxylic acids is 2. The van der Waals surface area contributed by atoms with Crippen LogP contribution in [0.1, 0.15) is 34.3 Å². The van der Waals surface area contributed by atoms with Crippen LogP contribution in [0.25, 0.3) is 6.08 Å². The van der Waals surface area contributed by atoms with Crippen LogP contribution in [-0.4, -0.2) is 45.9 Å². The van der Waals surface area contributed by atoms with Crippen molar-refractivity contribution in [3.63, 3.8) is 0 Å². The number of amides is 1. The molecule has 0 aliphatic heterocycles. The van der Waals surface area contributed by atoms with Crippen molar-refractivity contribution in [3.05, 3.63) is 71.3 Å².